The molecule has 1 aliphatic rings. The molecule has 110 valence electrons. The van der Waals surface area contributed by atoms with Gasteiger partial charge in [-0.3, -0.25) is 0 Å². The van der Waals surface area contributed by atoms with Crippen LogP contribution < -0.4 is 0 Å². The van der Waals surface area contributed by atoms with Crippen molar-refractivity contribution in [3.63, 3.8) is 0 Å². The van der Waals surface area contributed by atoms with Crippen LogP contribution in [-0.2, 0) is 4.84 Å². The Morgan fingerprint density at radius 1 is 0.955 bits per heavy atom. The molecule has 0 amide bonds. The summed E-state index contributed by atoms with van der Waals surface area (Å²) in [5.74, 6) is -0.418. The quantitative estimate of drug-likeness (QED) is 0.618. The van der Waals surface area contributed by atoms with Gasteiger partial charge in [-0.2, -0.15) is 0 Å². The molecule has 0 unspecified atom stereocenters. The summed E-state index contributed by atoms with van der Waals surface area (Å²) >= 11 is 0. The van der Waals surface area contributed by atoms with Gasteiger partial charge in [0.2, 0.25) is 0 Å². The summed E-state index contributed by atoms with van der Waals surface area (Å²) in [5.41, 5.74) is 3.67. The van der Waals surface area contributed by atoms with Crippen LogP contribution in [0.5, 0.6) is 0 Å². The molecule has 0 atom stereocenters. The Morgan fingerprint density at radius 2 is 1.64 bits per heavy atom. The molecule has 0 radical (unpaired) electrons. The molecule has 22 heavy (non-hydrogen) atoms. The van der Waals surface area contributed by atoms with E-state index in [1.165, 1.54) is 0 Å². The van der Waals surface area contributed by atoms with Gasteiger partial charge in [0.1, 0.15) is 0 Å². The lowest BCUT2D eigenvalue weighted by Gasteiger charge is -2.02. The standard InChI is InChI=1S/C19H17NO2/c21-19(16-10-5-2-6-11-16)22-20-18-13-7-12-17(18)14-15-8-3-1-4-9-15/h1-6,8-11,14H,7,12-13H2/b17-14-,20-18-. The van der Waals surface area contributed by atoms with E-state index in [-0.39, 0.29) is 0 Å². The average Bonchev–Trinajstić information content (AvgIpc) is 3.01. The Hall–Kier alpha value is -2.68. The Bertz CT molecular complexity index is 703. The van der Waals surface area contributed by atoms with E-state index >= 15 is 0 Å². The molecule has 1 aliphatic carbocycles. The van der Waals surface area contributed by atoms with Crippen molar-refractivity contribution in [3.8, 4) is 0 Å². The van der Waals surface area contributed by atoms with Gasteiger partial charge in [-0.25, -0.2) is 4.79 Å². The molecule has 1 fully saturated rings. The highest BCUT2D eigenvalue weighted by molar-refractivity contribution is 6.05. The van der Waals surface area contributed by atoms with Gasteiger partial charge < -0.3 is 4.84 Å². The number of carbonyl (C=O) groups is 1. The summed E-state index contributed by atoms with van der Waals surface area (Å²) in [6.07, 6.45) is 4.97. The minimum absolute atomic E-state index is 0.418. The van der Waals surface area contributed by atoms with Crippen LogP contribution in [0.15, 0.2) is 71.4 Å². The topological polar surface area (TPSA) is 38.7 Å². The minimum atomic E-state index is -0.418. The van der Waals surface area contributed by atoms with Gasteiger partial charge in [0.05, 0.1) is 11.3 Å². The predicted octanol–water partition coefficient (Wildman–Crippen LogP) is 4.47. The van der Waals surface area contributed by atoms with Crippen molar-refractivity contribution in [2.75, 3.05) is 0 Å². The number of hydrogen-bond acceptors (Lipinski definition) is 3. The van der Waals surface area contributed by atoms with E-state index in [1.807, 2.05) is 24.3 Å². The van der Waals surface area contributed by atoms with Crippen LogP contribution in [0.1, 0.15) is 35.2 Å². The van der Waals surface area contributed by atoms with Gasteiger partial charge in [0.15, 0.2) is 0 Å². The van der Waals surface area contributed by atoms with Crippen LogP contribution in [0.3, 0.4) is 0 Å². The third-order valence-electron chi connectivity index (χ3n) is 3.62. The lowest BCUT2D eigenvalue weighted by atomic mass is 10.1. The fourth-order valence-corrected chi connectivity index (χ4v) is 2.48. The highest BCUT2D eigenvalue weighted by Crippen LogP contribution is 2.24. The van der Waals surface area contributed by atoms with E-state index in [0.29, 0.717) is 5.56 Å². The lowest BCUT2D eigenvalue weighted by Crippen LogP contribution is -2.03. The Labute approximate surface area is 129 Å². The van der Waals surface area contributed by atoms with E-state index in [4.69, 9.17) is 4.84 Å². The predicted molar refractivity (Wildman–Crippen MR) is 87.6 cm³/mol. The van der Waals surface area contributed by atoms with Crippen LogP contribution in [0, 0.1) is 0 Å². The molecule has 2 aromatic carbocycles. The molecule has 3 nitrogen and oxygen atoms in total. The number of oxime groups is 1. The van der Waals surface area contributed by atoms with Crippen molar-refractivity contribution in [1.29, 1.82) is 0 Å². The van der Waals surface area contributed by atoms with Crippen molar-refractivity contribution in [2.45, 2.75) is 19.3 Å². The first-order chi connectivity index (χ1) is 10.8. The summed E-state index contributed by atoms with van der Waals surface area (Å²) in [6, 6.07) is 19.0. The Balaban J connectivity index is 1.73. The number of hydrogen-bond donors (Lipinski definition) is 0. The molecule has 0 N–H and O–H groups in total. The smallest absolute Gasteiger partial charge is 0.313 e. The zero-order chi connectivity index (χ0) is 15.2. The third-order valence-corrected chi connectivity index (χ3v) is 3.62. The van der Waals surface area contributed by atoms with E-state index in [2.05, 4.69) is 23.4 Å². The van der Waals surface area contributed by atoms with Crippen LogP contribution in [0.4, 0.5) is 0 Å². The first-order valence-electron chi connectivity index (χ1n) is 7.42. The first-order valence-corrected chi connectivity index (χ1v) is 7.42. The normalized spacial score (nSPS) is 17.8. The number of benzene rings is 2. The van der Waals surface area contributed by atoms with Crippen LogP contribution >= 0.6 is 0 Å². The largest absolute Gasteiger partial charge is 0.365 e. The molecular formula is C19H17NO2. The second kappa shape index (κ2) is 6.85. The second-order valence-electron chi connectivity index (χ2n) is 5.22. The van der Waals surface area contributed by atoms with Gasteiger partial charge in [0, 0.05) is 0 Å². The van der Waals surface area contributed by atoms with Gasteiger partial charge in [-0.15, -0.1) is 0 Å². The molecule has 0 heterocycles. The van der Waals surface area contributed by atoms with Crippen molar-refractivity contribution < 1.29 is 9.63 Å². The maximum atomic E-state index is 11.9. The molecule has 2 aromatic rings. The molecular weight excluding hydrogens is 274 g/mol. The Morgan fingerprint density at radius 3 is 2.36 bits per heavy atom. The molecule has 3 heteroatoms. The molecule has 0 spiro atoms. The van der Waals surface area contributed by atoms with Crippen LogP contribution in [-0.4, -0.2) is 11.7 Å². The minimum Gasteiger partial charge on any atom is -0.313 e. The summed E-state index contributed by atoms with van der Waals surface area (Å²) < 4.78 is 0. The van der Waals surface area contributed by atoms with Gasteiger partial charge in [0.25, 0.3) is 0 Å². The summed E-state index contributed by atoms with van der Waals surface area (Å²) in [4.78, 5) is 17.0. The molecule has 3 rings (SSSR count). The number of allylic oxidation sites excluding steroid dienone is 1. The summed E-state index contributed by atoms with van der Waals surface area (Å²) in [5, 5.41) is 4.08. The van der Waals surface area contributed by atoms with Crippen LogP contribution in [0.2, 0.25) is 0 Å². The van der Waals surface area contributed by atoms with Gasteiger partial charge in [-0.1, -0.05) is 53.7 Å². The van der Waals surface area contributed by atoms with E-state index in [0.717, 1.165) is 36.1 Å². The highest BCUT2D eigenvalue weighted by Gasteiger charge is 2.17. The molecule has 0 aromatic heterocycles. The molecule has 0 aliphatic heterocycles. The fraction of sp³-hybridized carbons (Fsp3) is 0.158. The highest BCUT2D eigenvalue weighted by atomic mass is 16.7. The van der Waals surface area contributed by atoms with E-state index < -0.39 is 5.97 Å². The number of carbonyl (C=O) groups excluding carboxylic acids is 1. The number of rotatable bonds is 3. The van der Waals surface area contributed by atoms with Gasteiger partial charge in [-0.05, 0) is 48.6 Å². The third kappa shape index (κ3) is 3.50. The Kier molecular flexibility index (Phi) is 4.44. The molecule has 0 saturated heterocycles. The average molecular weight is 291 g/mol. The zero-order valence-corrected chi connectivity index (χ0v) is 12.2. The lowest BCUT2D eigenvalue weighted by molar-refractivity contribution is 0.0516. The zero-order valence-electron chi connectivity index (χ0n) is 12.2. The monoisotopic (exact) mass is 291 g/mol. The van der Waals surface area contributed by atoms with E-state index in [1.54, 1.807) is 24.3 Å². The van der Waals surface area contributed by atoms with Crippen molar-refractivity contribution in [1.82, 2.24) is 0 Å². The first kappa shape index (κ1) is 14.3. The maximum Gasteiger partial charge on any atom is 0.365 e. The molecule has 1 saturated carbocycles. The van der Waals surface area contributed by atoms with Crippen molar-refractivity contribution in [3.05, 3.63) is 77.4 Å². The van der Waals surface area contributed by atoms with Crippen molar-refractivity contribution in [2.24, 2.45) is 5.16 Å². The van der Waals surface area contributed by atoms with E-state index in [9.17, 15) is 4.79 Å². The SMILES string of the molecule is O=C(O/N=C1/CCC/C1=C/c1ccccc1)c1ccccc1. The summed E-state index contributed by atoms with van der Waals surface area (Å²) in [7, 11) is 0. The van der Waals surface area contributed by atoms with Crippen molar-refractivity contribution >= 4 is 17.8 Å². The maximum absolute atomic E-state index is 11.9. The molecule has 0 bridgehead atoms. The fourth-order valence-electron chi connectivity index (χ4n) is 2.48. The van der Waals surface area contributed by atoms with Crippen LogP contribution in [0.25, 0.3) is 6.08 Å². The second-order valence-corrected chi connectivity index (χ2v) is 5.22. The van der Waals surface area contributed by atoms with Gasteiger partial charge >= 0.3 is 5.97 Å². The summed E-state index contributed by atoms with van der Waals surface area (Å²) in [6.45, 7) is 0. The number of nitrogens with zero attached hydrogens (tertiary/aromatic N) is 1.